The number of carbonyl (C=O) groups is 2. The molecule has 1 aromatic rings. The van der Waals surface area contributed by atoms with Gasteiger partial charge in [-0.1, -0.05) is 6.92 Å². The SMILES string of the molecule is CC1CCN(C(=O)c2ccc(C(=O)O)s2)CC1. The first-order valence-electron chi connectivity index (χ1n) is 5.70. The smallest absolute Gasteiger partial charge is 0.345 e. The van der Waals surface area contributed by atoms with Crippen LogP contribution in [-0.4, -0.2) is 35.0 Å². The van der Waals surface area contributed by atoms with Gasteiger partial charge >= 0.3 is 5.97 Å². The number of piperidine rings is 1. The van der Waals surface area contributed by atoms with Gasteiger partial charge in [-0.3, -0.25) is 4.79 Å². The number of thiophene rings is 1. The molecule has 17 heavy (non-hydrogen) atoms. The van der Waals surface area contributed by atoms with E-state index in [1.165, 1.54) is 6.07 Å². The summed E-state index contributed by atoms with van der Waals surface area (Å²) < 4.78 is 0. The van der Waals surface area contributed by atoms with Crippen molar-refractivity contribution >= 4 is 23.2 Å². The summed E-state index contributed by atoms with van der Waals surface area (Å²) in [5.74, 6) is -0.326. The highest BCUT2D eigenvalue weighted by molar-refractivity contribution is 7.15. The molecule has 0 unspecified atom stereocenters. The molecule has 1 aliphatic heterocycles. The predicted molar refractivity (Wildman–Crippen MR) is 65.6 cm³/mol. The Morgan fingerprint density at radius 1 is 1.29 bits per heavy atom. The minimum atomic E-state index is -0.971. The molecule has 1 N–H and O–H groups in total. The van der Waals surface area contributed by atoms with E-state index in [4.69, 9.17) is 5.11 Å². The largest absolute Gasteiger partial charge is 0.477 e. The highest BCUT2D eigenvalue weighted by Gasteiger charge is 2.23. The molecule has 0 saturated carbocycles. The highest BCUT2D eigenvalue weighted by Crippen LogP contribution is 2.22. The van der Waals surface area contributed by atoms with Crippen LogP contribution in [0.3, 0.4) is 0 Å². The van der Waals surface area contributed by atoms with Crippen LogP contribution in [0.1, 0.15) is 39.1 Å². The summed E-state index contributed by atoms with van der Waals surface area (Å²) in [6.07, 6.45) is 2.06. The van der Waals surface area contributed by atoms with Crippen molar-refractivity contribution in [3.63, 3.8) is 0 Å². The first-order valence-corrected chi connectivity index (χ1v) is 6.52. The van der Waals surface area contributed by atoms with Gasteiger partial charge in [-0.05, 0) is 30.9 Å². The van der Waals surface area contributed by atoms with Gasteiger partial charge in [0.2, 0.25) is 0 Å². The molecule has 4 nitrogen and oxygen atoms in total. The van der Waals surface area contributed by atoms with E-state index in [0.717, 1.165) is 37.3 Å². The number of carboxylic acid groups (broad SMARTS) is 1. The average Bonchev–Trinajstić information content (AvgIpc) is 2.78. The van der Waals surface area contributed by atoms with E-state index in [0.29, 0.717) is 10.8 Å². The standard InChI is InChI=1S/C12H15NO3S/c1-8-4-6-13(7-5-8)11(14)9-2-3-10(17-9)12(15)16/h2-3,8H,4-7H2,1H3,(H,15,16). The number of likely N-dealkylation sites (tertiary alicyclic amines) is 1. The van der Waals surface area contributed by atoms with E-state index in [1.54, 1.807) is 6.07 Å². The van der Waals surface area contributed by atoms with Crippen LogP contribution in [-0.2, 0) is 0 Å². The molecule has 2 rings (SSSR count). The van der Waals surface area contributed by atoms with E-state index in [-0.39, 0.29) is 10.8 Å². The Morgan fingerprint density at radius 3 is 2.41 bits per heavy atom. The highest BCUT2D eigenvalue weighted by atomic mass is 32.1. The Morgan fingerprint density at radius 2 is 1.88 bits per heavy atom. The number of aromatic carboxylic acids is 1. The van der Waals surface area contributed by atoms with Crippen molar-refractivity contribution < 1.29 is 14.7 Å². The summed E-state index contributed by atoms with van der Waals surface area (Å²) in [6, 6.07) is 3.10. The van der Waals surface area contributed by atoms with E-state index >= 15 is 0 Å². The van der Waals surface area contributed by atoms with Crippen molar-refractivity contribution in [3.05, 3.63) is 21.9 Å². The number of hydrogen-bond acceptors (Lipinski definition) is 3. The zero-order chi connectivity index (χ0) is 12.4. The molecule has 1 amide bonds. The van der Waals surface area contributed by atoms with Crippen molar-refractivity contribution in [1.82, 2.24) is 4.90 Å². The maximum atomic E-state index is 12.1. The number of amides is 1. The molecule has 0 aromatic carbocycles. The van der Waals surface area contributed by atoms with Crippen molar-refractivity contribution in [2.24, 2.45) is 5.92 Å². The van der Waals surface area contributed by atoms with Crippen molar-refractivity contribution in [2.75, 3.05) is 13.1 Å². The molecule has 0 spiro atoms. The predicted octanol–water partition coefficient (Wildman–Crippen LogP) is 2.32. The van der Waals surface area contributed by atoms with Gasteiger partial charge in [0.25, 0.3) is 5.91 Å². The Labute approximate surface area is 104 Å². The van der Waals surface area contributed by atoms with Gasteiger partial charge in [-0.2, -0.15) is 0 Å². The normalized spacial score (nSPS) is 17.1. The van der Waals surface area contributed by atoms with Crippen LogP contribution in [0.5, 0.6) is 0 Å². The van der Waals surface area contributed by atoms with Crippen LogP contribution >= 0.6 is 11.3 Å². The number of carbonyl (C=O) groups excluding carboxylic acids is 1. The monoisotopic (exact) mass is 253 g/mol. The van der Waals surface area contributed by atoms with Gasteiger partial charge < -0.3 is 10.0 Å². The maximum Gasteiger partial charge on any atom is 0.345 e. The molecule has 0 aliphatic carbocycles. The third-order valence-electron chi connectivity index (χ3n) is 3.10. The van der Waals surface area contributed by atoms with Gasteiger partial charge in [0.05, 0.1) is 4.88 Å². The molecule has 1 fully saturated rings. The molecule has 1 aromatic heterocycles. The number of rotatable bonds is 2. The minimum absolute atomic E-state index is 0.0330. The topological polar surface area (TPSA) is 57.6 Å². The summed E-state index contributed by atoms with van der Waals surface area (Å²) in [6.45, 7) is 3.75. The fourth-order valence-corrected chi connectivity index (χ4v) is 2.75. The van der Waals surface area contributed by atoms with Crippen LogP contribution < -0.4 is 0 Å². The van der Waals surface area contributed by atoms with Crippen LogP contribution in [0.15, 0.2) is 12.1 Å². The second kappa shape index (κ2) is 4.87. The van der Waals surface area contributed by atoms with Gasteiger partial charge in [-0.25, -0.2) is 4.79 Å². The molecule has 0 atom stereocenters. The lowest BCUT2D eigenvalue weighted by Gasteiger charge is -2.29. The van der Waals surface area contributed by atoms with E-state index in [1.807, 2.05) is 4.90 Å². The molecule has 1 saturated heterocycles. The minimum Gasteiger partial charge on any atom is -0.477 e. The Kier molecular flexibility index (Phi) is 3.47. The lowest BCUT2D eigenvalue weighted by molar-refractivity contribution is 0.0695. The van der Waals surface area contributed by atoms with E-state index < -0.39 is 5.97 Å². The lowest BCUT2D eigenvalue weighted by Crippen LogP contribution is -2.37. The molecule has 5 heteroatoms. The third-order valence-corrected chi connectivity index (χ3v) is 4.16. The summed E-state index contributed by atoms with van der Waals surface area (Å²) >= 11 is 1.05. The van der Waals surface area contributed by atoms with Crippen LogP contribution in [0.4, 0.5) is 0 Å². The van der Waals surface area contributed by atoms with Gasteiger partial charge in [-0.15, -0.1) is 11.3 Å². The zero-order valence-corrected chi connectivity index (χ0v) is 10.5. The first kappa shape index (κ1) is 12.1. The van der Waals surface area contributed by atoms with Crippen molar-refractivity contribution in [2.45, 2.75) is 19.8 Å². The number of carboxylic acids is 1. The Bertz CT molecular complexity index is 433. The number of nitrogens with zero attached hydrogens (tertiary/aromatic N) is 1. The molecular formula is C12H15NO3S. The molecule has 0 radical (unpaired) electrons. The zero-order valence-electron chi connectivity index (χ0n) is 9.68. The van der Waals surface area contributed by atoms with Crippen molar-refractivity contribution in [3.8, 4) is 0 Å². The third kappa shape index (κ3) is 2.66. The number of hydrogen-bond donors (Lipinski definition) is 1. The molecule has 92 valence electrons. The Hall–Kier alpha value is -1.36. The fourth-order valence-electron chi connectivity index (χ4n) is 1.94. The van der Waals surface area contributed by atoms with Gasteiger partial charge in [0, 0.05) is 13.1 Å². The molecule has 2 heterocycles. The van der Waals surface area contributed by atoms with Gasteiger partial charge in [0.1, 0.15) is 4.88 Å². The van der Waals surface area contributed by atoms with Crippen molar-refractivity contribution in [1.29, 1.82) is 0 Å². The van der Waals surface area contributed by atoms with Crippen LogP contribution in [0, 0.1) is 5.92 Å². The summed E-state index contributed by atoms with van der Waals surface area (Å²) in [7, 11) is 0. The van der Waals surface area contributed by atoms with Crippen LogP contribution in [0.25, 0.3) is 0 Å². The maximum absolute atomic E-state index is 12.1. The quantitative estimate of drug-likeness (QED) is 0.880. The summed E-state index contributed by atoms with van der Waals surface area (Å²) in [4.78, 5) is 25.4. The lowest BCUT2D eigenvalue weighted by atomic mass is 9.99. The van der Waals surface area contributed by atoms with E-state index in [9.17, 15) is 9.59 Å². The average molecular weight is 253 g/mol. The molecule has 1 aliphatic rings. The fraction of sp³-hybridized carbons (Fsp3) is 0.500. The summed E-state index contributed by atoms with van der Waals surface area (Å²) in [5.41, 5.74) is 0. The Balaban J connectivity index is 2.06. The van der Waals surface area contributed by atoms with E-state index in [2.05, 4.69) is 6.92 Å². The molecular weight excluding hydrogens is 238 g/mol. The first-order chi connectivity index (χ1) is 8.08. The summed E-state index contributed by atoms with van der Waals surface area (Å²) in [5, 5.41) is 8.81. The second-order valence-corrected chi connectivity index (χ2v) is 5.53. The second-order valence-electron chi connectivity index (χ2n) is 4.44. The molecule has 0 bridgehead atoms. The van der Waals surface area contributed by atoms with Crippen LogP contribution in [0.2, 0.25) is 0 Å². The van der Waals surface area contributed by atoms with Gasteiger partial charge in [0.15, 0.2) is 0 Å².